The van der Waals surface area contributed by atoms with E-state index in [1.165, 1.54) is 0 Å². The summed E-state index contributed by atoms with van der Waals surface area (Å²) in [6.07, 6.45) is 0. The van der Waals surface area contributed by atoms with Crippen molar-refractivity contribution in [2.45, 2.75) is 39.4 Å². The van der Waals surface area contributed by atoms with Crippen molar-refractivity contribution in [3.8, 4) is 0 Å². The molecule has 0 unspecified atom stereocenters. The Morgan fingerprint density at radius 2 is 2.00 bits per heavy atom. The van der Waals surface area contributed by atoms with Gasteiger partial charge in [0, 0.05) is 6.04 Å². The second kappa shape index (κ2) is 6.70. The van der Waals surface area contributed by atoms with Crippen LogP contribution >= 0.6 is 0 Å². The van der Waals surface area contributed by atoms with Crippen LogP contribution in [-0.4, -0.2) is 39.9 Å². The molecule has 1 atom stereocenters. The quantitative estimate of drug-likeness (QED) is 0.872. The molecule has 0 spiro atoms. The number of aromatic amines is 1. The van der Waals surface area contributed by atoms with Gasteiger partial charge in [-0.3, -0.25) is 14.5 Å². The summed E-state index contributed by atoms with van der Waals surface area (Å²) in [5.41, 5.74) is 0.502. The monoisotopic (exact) mass is 302 g/mol. The Hall–Kier alpha value is -2.21. The zero-order valence-electron chi connectivity index (χ0n) is 13.4. The molecule has 1 heterocycles. The van der Waals surface area contributed by atoms with E-state index in [-0.39, 0.29) is 23.6 Å². The van der Waals surface area contributed by atoms with Gasteiger partial charge in [0.05, 0.1) is 23.5 Å². The number of nitrogens with zero attached hydrogens (tertiary/aromatic N) is 2. The SMILES string of the molecule is CC(C)NC(=O)[C@@H](C)N(C)Cc1nc2ccccc2c(=O)[nH]1. The van der Waals surface area contributed by atoms with E-state index >= 15 is 0 Å². The van der Waals surface area contributed by atoms with Crippen LogP contribution in [0.15, 0.2) is 29.1 Å². The third kappa shape index (κ3) is 3.71. The molecule has 2 rings (SSSR count). The smallest absolute Gasteiger partial charge is 0.258 e. The summed E-state index contributed by atoms with van der Waals surface area (Å²) in [7, 11) is 1.83. The Kier molecular flexibility index (Phi) is 4.92. The largest absolute Gasteiger partial charge is 0.353 e. The predicted octanol–water partition coefficient (Wildman–Crippen LogP) is 1.27. The molecule has 0 saturated heterocycles. The van der Waals surface area contributed by atoms with Crippen LogP contribution < -0.4 is 10.9 Å². The van der Waals surface area contributed by atoms with Gasteiger partial charge in [0.15, 0.2) is 0 Å². The number of carbonyl (C=O) groups is 1. The molecule has 1 aromatic carbocycles. The van der Waals surface area contributed by atoms with Gasteiger partial charge >= 0.3 is 0 Å². The molecule has 0 bridgehead atoms. The number of aromatic nitrogens is 2. The van der Waals surface area contributed by atoms with Crippen molar-refractivity contribution >= 4 is 16.8 Å². The zero-order chi connectivity index (χ0) is 16.3. The number of hydrogen-bond acceptors (Lipinski definition) is 4. The summed E-state index contributed by atoms with van der Waals surface area (Å²) in [6, 6.07) is 7.00. The van der Waals surface area contributed by atoms with Gasteiger partial charge in [-0.1, -0.05) is 12.1 Å². The molecule has 2 aromatic rings. The maximum absolute atomic E-state index is 12.0. The molecule has 0 aliphatic rings. The molecule has 6 nitrogen and oxygen atoms in total. The lowest BCUT2D eigenvalue weighted by Gasteiger charge is -2.24. The van der Waals surface area contributed by atoms with E-state index in [0.29, 0.717) is 23.3 Å². The van der Waals surface area contributed by atoms with Gasteiger partial charge in [0.25, 0.3) is 5.56 Å². The van der Waals surface area contributed by atoms with Gasteiger partial charge in [-0.25, -0.2) is 4.98 Å². The molecular weight excluding hydrogens is 280 g/mol. The average molecular weight is 302 g/mol. The molecule has 1 amide bonds. The number of H-pyrrole nitrogens is 1. The van der Waals surface area contributed by atoms with Crippen molar-refractivity contribution < 1.29 is 4.79 Å². The first-order valence-electron chi connectivity index (χ1n) is 7.37. The van der Waals surface area contributed by atoms with E-state index in [9.17, 15) is 9.59 Å². The van der Waals surface area contributed by atoms with Crippen molar-refractivity contribution in [2.24, 2.45) is 0 Å². The number of benzene rings is 1. The van der Waals surface area contributed by atoms with Crippen LogP contribution in [0, 0.1) is 0 Å². The van der Waals surface area contributed by atoms with Gasteiger partial charge in [-0.15, -0.1) is 0 Å². The molecule has 1 aromatic heterocycles. The van der Waals surface area contributed by atoms with E-state index in [0.717, 1.165) is 0 Å². The van der Waals surface area contributed by atoms with E-state index in [2.05, 4.69) is 15.3 Å². The normalized spacial score (nSPS) is 12.8. The third-order valence-electron chi connectivity index (χ3n) is 3.53. The molecule has 0 aliphatic heterocycles. The first-order valence-corrected chi connectivity index (χ1v) is 7.37. The van der Waals surface area contributed by atoms with Crippen molar-refractivity contribution in [1.29, 1.82) is 0 Å². The maximum Gasteiger partial charge on any atom is 0.258 e. The van der Waals surface area contributed by atoms with Crippen LogP contribution in [0.4, 0.5) is 0 Å². The highest BCUT2D eigenvalue weighted by molar-refractivity contribution is 5.81. The summed E-state index contributed by atoms with van der Waals surface area (Å²) >= 11 is 0. The fourth-order valence-electron chi connectivity index (χ4n) is 2.19. The second-order valence-electron chi connectivity index (χ2n) is 5.78. The van der Waals surface area contributed by atoms with Crippen molar-refractivity contribution in [2.75, 3.05) is 7.05 Å². The molecule has 2 N–H and O–H groups in total. The molecule has 22 heavy (non-hydrogen) atoms. The van der Waals surface area contributed by atoms with Crippen LogP contribution in [0.2, 0.25) is 0 Å². The second-order valence-corrected chi connectivity index (χ2v) is 5.78. The highest BCUT2D eigenvalue weighted by Crippen LogP contribution is 2.08. The number of fused-ring (bicyclic) bond motifs is 1. The fraction of sp³-hybridized carbons (Fsp3) is 0.438. The Morgan fingerprint density at radius 1 is 1.32 bits per heavy atom. The highest BCUT2D eigenvalue weighted by Gasteiger charge is 2.19. The number of para-hydroxylation sites is 1. The van der Waals surface area contributed by atoms with E-state index in [1.807, 2.05) is 50.9 Å². The van der Waals surface area contributed by atoms with Gasteiger partial charge in [0.2, 0.25) is 5.91 Å². The van der Waals surface area contributed by atoms with Gasteiger partial charge in [0.1, 0.15) is 5.82 Å². The number of nitrogens with one attached hydrogen (secondary N) is 2. The van der Waals surface area contributed by atoms with E-state index in [1.54, 1.807) is 6.07 Å². The van der Waals surface area contributed by atoms with Crippen LogP contribution in [0.5, 0.6) is 0 Å². The minimum Gasteiger partial charge on any atom is -0.353 e. The Labute approximate surface area is 129 Å². The fourth-order valence-corrected chi connectivity index (χ4v) is 2.19. The van der Waals surface area contributed by atoms with Crippen LogP contribution in [-0.2, 0) is 11.3 Å². The number of likely N-dealkylation sites (N-methyl/N-ethyl adjacent to an activating group) is 1. The lowest BCUT2D eigenvalue weighted by molar-refractivity contribution is -0.126. The number of hydrogen-bond donors (Lipinski definition) is 2. The van der Waals surface area contributed by atoms with Crippen LogP contribution in [0.3, 0.4) is 0 Å². The Morgan fingerprint density at radius 3 is 2.68 bits per heavy atom. The van der Waals surface area contributed by atoms with Gasteiger partial charge < -0.3 is 10.3 Å². The average Bonchev–Trinajstić information content (AvgIpc) is 2.45. The first kappa shape index (κ1) is 16.2. The lowest BCUT2D eigenvalue weighted by Crippen LogP contribution is -2.45. The Balaban J connectivity index is 2.16. The Bertz CT molecular complexity index is 723. The number of carbonyl (C=O) groups excluding carboxylic acids is 1. The summed E-state index contributed by atoms with van der Waals surface area (Å²) in [4.78, 5) is 33.1. The number of rotatable bonds is 5. The van der Waals surface area contributed by atoms with Crippen molar-refractivity contribution in [3.05, 3.63) is 40.4 Å². The molecular formula is C16H22N4O2. The highest BCUT2D eigenvalue weighted by atomic mass is 16.2. The predicted molar refractivity (Wildman–Crippen MR) is 86.6 cm³/mol. The minimum atomic E-state index is -0.306. The molecule has 0 radical (unpaired) electrons. The van der Waals surface area contributed by atoms with Crippen molar-refractivity contribution in [1.82, 2.24) is 20.2 Å². The maximum atomic E-state index is 12.0. The third-order valence-corrected chi connectivity index (χ3v) is 3.53. The van der Waals surface area contributed by atoms with Crippen LogP contribution in [0.25, 0.3) is 10.9 Å². The molecule has 6 heteroatoms. The first-order chi connectivity index (χ1) is 10.4. The van der Waals surface area contributed by atoms with Gasteiger partial charge in [-0.05, 0) is 40.0 Å². The topological polar surface area (TPSA) is 78.1 Å². The van der Waals surface area contributed by atoms with Crippen molar-refractivity contribution in [3.63, 3.8) is 0 Å². The molecule has 118 valence electrons. The summed E-state index contributed by atoms with van der Waals surface area (Å²) in [5, 5.41) is 3.45. The summed E-state index contributed by atoms with van der Waals surface area (Å²) < 4.78 is 0. The summed E-state index contributed by atoms with van der Waals surface area (Å²) in [5.74, 6) is 0.510. The zero-order valence-corrected chi connectivity index (χ0v) is 13.4. The molecule has 0 saturated carbocycles. The lowest BCUT2D eigenvalue weighted by atomic mass is 10.2. The summed E-state index contributed by atoms with van der Waals surface area (Å²) in [6.45, 7) is 6.07. The molecule has 0 fully saturated rings. The molecule has 0 aliphatic carbocycles. The number of amides is 1. The van der Waals surface area contributed by atoms with Gasteiger partial charge in [-0.2, -0.15) is 0 Å². The van der Waals surface area contributed by atoms with E-state index < -0.39 is 0 Å². The van der Waals surface area contributed by atoms with E-state index in [4.69, 9.17) is 0 Å². The minimum absolute atomic E-state index is 0.0411. The van der Waals surface area contributed by atoms with Crippen LogP contribution in [0.1, 0.15) is 26.6 Å². The standard InChI is InChI=1S/C16H22N4O2/c1-10(2)17-15(21)11(3)20(4)9-14-18-13-8-6-5-7-12(13)16(22)19-14/h5-8,10-11H,9H2,1-4H3,(H,17,21)(H,18,19,22)/t11-/m1/s1.